The minimum absolute atomic E-state index is 0.0265. The highest BCUT2D eigenvalue weighted by molar-refractivity contribution is 6.46. The fourth-order valence-corrected chi connectivity index (χ4v) is 5.06. The Kier molecular flexibility index (Phi) is 8.87. The monoisotopic (exact) mass is 523 g/mol. The second-order valence-electron chi connectivity index (χ2n) is 10.7. The van der Waals surface area contributed by atoms with Crippen molar-refractivity contribution in [2.45, 2.75) is 66.8 Å². The molecule has 1 unspecified atom stereocenters. The summed E-state index contributed by atoms with van der Waals surface area (Å²) in [5.74, 6) is -2.20. The van der Waals surface area contributed by atoms with Crippen LogP contribution >= 0.6 is 0 Å². The summed E-state index contributed by atoms with van der Waals surface area (Å²) in [5, 5.41) is 11.6. The van der Waals surface area contributed by atoms with Gasteiger partial charge in [0.2, 0.25) is 0 Å². The van der Waals surface area contributed by atoms with Crippen LogP contribution < -0.4 is 0 Å². The molecule has 1 fully saturated rings. The van der Waals surface area contributed by atoms with E-state index in [1.54, 1.807) is 25.7 Å². The van der Waals surface area contributed by atoms with Crippen LogP contribution in [0.25, 0.3) is 5.76 Å². The van der Waals surface area contributed by atoms with E-state index in [0.29, 0.717) is 29.9 Å². The van der Waals surface area contributed by atoms with Crippen LogP contribution in [0.5, 0.6) is 0 Å². The van der Waals surface area contributed by atoms with Gasteiger partial charge in [0, 0.05) is 24.3 Å². The van der Waals surface area contributed by atoms with E-state index in [4.69, 9.17) is 4.74 Å². The summed E-state index contributed by atoms with van der Waals surface area (Å²) >= 11 is 0. The predicted molar refractivity (Wildman–Crippen MR) is 148 cm³/mol. The summed E-state index contributed by atoms with van der Waals surface area (Å²) in [4.78, 5) is 46.0. The number of ether oxygens (including phenoxy) is 1. The number of aromatic amines is 1. The van der Waals surface area contributed by atoms with Crippen LogP contribution in [0.1, 0.15) is 86.0 Å². The molecule has 1 atom stereocenters. The van der Waals surface area contributed by atoms with Crippen LogP contribution in [0.4, 0.5) is 0 Å². The Bertz CT molecular complexity index is 1230. The molecular weight excluding hydrogens is 482 g/mol. The number of hydrogen-bond donors (Lipinski definition) is 2. The number of nitrogens with zero attached hydrogens (tertiary/aromatic N) is 2. The smallest absolute Gasteiger partial charge is 0.355 e. The van der Waals surface area contributed by atoms with Crippen molar-refractivity contribution in [3.8, 4) is 0 Å². The number of aliphatic hydroxyl groups excluding tert-OH is 1. The maximum absolute atomic E-state index is 13.5. The van der Waals surface area contributed by atoms with Gasteiger partial charge >= 0.3 is 5.97 Å². The van der Waals surface area contributed by atoms with Crippen LogP contribution in [-0.4, -0.2) is 70.3 Å². The van der Waals surface area contributed by atoms with Crippen molar-refractivity contribution in [2.75, 3.05) is 32.8 Å². The van der Waals surface area contributed by atoms with E-state index >= 15 is 0 Å². The van der Waals surface area contributed by atoms with Crippen molar-refractivity contribution in [3.63, 3.8) is 0 Å². The summed E-state index contributed by atoms with van der Waals surface area (Å²) in [6.45, 7) is 18.4. The number of aromatic nitrogens is 1. The Hall–Kier alpha value is -3.39. The number of likely N-dealkylation sites (tertiary alicyclic amines) is 1. The number of carbonyl (C=O) groups is 3. The maximum atomic E-state index is 13.5. The first-order valence-corrected chi connectivity index (χ1v) is 13.3. The number of aliphatic hydroxyl groups is 1. The van der Waals surface area contributed by atoms with Gasteiger partial charge in [0.25, 0.3) is 11.7 Å². The first kappa shape index (κ1) is 29.2. The zero-order valence-electron chi connectivity index (χ0n) is 23.9. The SMILES string of the molecule is CCOC(=O)c1[nH]c(C)c(C(O)=C2C(=O)C(=O)N(CCN(CC)CC)C2c2ccc(C(C)(C)C)cc2)c1C. The standard InChI is InChI=1S/C30H41N3O5/c1-9-32(10-2)16-17-33-25(20-12-14-21(15-13-20)30(6,7)8)23(27(35)28(33)36)26(34)22-18(4)24(31-19(22)5)29(37)38-11-3/h12-15,25,31,34H,9-11,16-17H2,1-8H3. The van der Waals surface area contributed by atoms with Gasteiger partial charge in [-0.2, -0.15) is 0 Å². The molecule has 3 rings (SSSR count). The number of likely N-dealkylation sites (N-methyl/N-ethyl adjacent to an activating group) is 1. The van der Waals surface area contributed by atoms with Crippen molar-refractivity contribution in [3.05, 3.63) is 63.5 Å². The molecule has 8 heteroatoms. The lowest BCUT2D eigenvalue weighted by molar-refractivity contribution is -0.140. The Morgan fingerprint density at radius 2 is 1.68 bits per heavy atom. The first-order valence-electron chi connectivity index (χ1n) is 13.3. The zero-order valence-corrected chi connectivity index (χ0v) is 23.9. The van der Waals surface area contributed by atoms with Crippen LogP contribution in [0.2, 0.25) is 0 Å². The summed E-state index contributed by atoms with van der Waals surface area (Å²) in [5.41, 5.74) is 3.37. The van der Waals surface area contributed by atoms with Gasteiger partial charge in [-0.1, -0.05) is 58.9 Å². The number of aryl methyl sites for hydroxylation is 1. The number of rotatable bonds is 9. The highest BCUT2D eigenvalue weighted by Gasteiger charge is 2.46. The van der Waals surface area contributed by atoms with E-state index in [-0.39, 0.29) is 29.0 Å². The predicted octanol–water partition coefficient (Wildman–Crippen LogP) is 4.87. The number of ketones is 1. The summed E-state index contributed by atoms with van der Waals surface area (Å²) in [6, 6.07) is 7.11. The average Bonchev–Trinajstić information content (AvgIpc) is 3.31. The Morgan fingerprint density at radius 3 is 2.21 bits per heavy atom. The van der Waals surface area contributed by atoms with Crippen molar-refractivity contribution in [1.82, 2.24) is 14.8 Å². The number of amides is 1. The average molecular weight is 524 g/mol. The number of nitrogens with one attached hydrogen (secondary N) is 1. The molecule has 0 radical (unpaired) electrons. The fourth-order valence-electron chi connectivity index (χ4n) is 5.06. The molecule has 0 aliphatic carbocycles. The molecule has 1 amide bonds. The number of Topliss-reactive ketones (excluding diaryl/α,β-unsaturated/α-hetero) is 1. The van der Waals surface area contributed by atoms with E-state index in [1.807, 2.05) is 24.3 Å². The third-order valence-electron chi connectivity index (χ3n) is 7.34. The van der Waals surface area contributed by atoms with Gasteiger partial charge in [-0.05, 0) is 56.0 Å². The molecule has 2 N–H and O–H groups in total. The van der Waals surface area contributed by atoms with Crippen LogP contribution in [0, 0.1) is 13.8 Å². The third kappa shape index (κ3) is 5.55. The lowest BCUT2D eigenvalue weighted by atomic mass is 9.85. The molecule has 2 heterocycles. The molecule has 38 heavy (non-hydrogen) atoms. The number of hydrogen-bond acceptors (Lipinski definition) is 6. The van der Waals surface area contributed by atoms with E-state index in [1.165, 1.54) is 0 Å². The van der Waals surface area contributed by atoms with E-state index < -0.39 is 23.7 Å². The van der Waals surface area contributed by atoms with E-state index in [9.17, 15) is 19.5 Å². The molecule has 2 aromatic rings. The molecule has 1 aliphatic rings. The highest BCUT2D eigenvalue weighted by Crippen LogP contribution is 2.41. The van der Waals surface area contributed by atoms with Gasteiger partial charge in [-0.15, -0.1) is 0 Å². The number of benzene rings is 1. The number of esters is 1. The van der Waals surface area contributed by atoms with Gasteiger partial charge in [-0.25, -0.2) is 4.79 Å². The molecule has 0 spiro atoms. The van der Waals surface area contributed by atoms with Crippen molar-refractivity contribution < 1.29 is 24.2 Å². The van der Waals surface area contributed by atoms with Gasteiger partial charge in [0.1, 0.15) is 11.5 Å². The normalized spacial score (nSPS) is 17.5. The Balaban J connectivity index is 2.18. The summed E-state index contributed by atoms with van der Waals surface area (Å²) in [7, 11) is 0. The molecule has 1 aromatic carbocycles. The molecule has 0 saturated carbocycles. The van der Waals surface area contributed by atoms with Crippen LogP contribution in [0.3, 0.4) is 0 Å². The lowest BCUT2D eigenvalue weighted by Gasteiger charge is -2.28. The lowest BCUT2D eigenvalue weighted by Crippen LogP contribution is -2.38. The topological polar surface area (TPSA) is 103 Å². The zero-order chi connectivity index (χ0) is 28.4. The molecule has 1 saturated heterocycles. The number of H-pyrrole nitrogens is 1. The minimum atomic E-state index is -0.751. The van der Waals surface area contributed by atoms with Crippen molar-refractivity contribution >= 4 is 23.4 Å². The molecular formula is C30H41N3O5. The highest BCUT2D eigenvalue weighted by atomic mass is 16.5. The Labute approximate surface area is 225 Å². The fraction of sp³-hybridized carbons (Fsp3) is 0.500. The quantitative estimate of drug-likeness (QED) is 0.210. The minimum Gasteiger partial charge on any atom is -0.507 e. The summed E-state index contributed by atoms with van der Waals surface area (Å²) in [6.07, 6.45) is 0. The largest absolute Gasteiger partial charge is 0.507 e. The van der Waals surface area contributed by atoms with Crippen molar-refractivity contribution in [2.24, 2.45) is 0 Å². The van der Waals surface area contributed by atoms with E-state index in [0.717, 1.165) is 24.2 Å². The van der Waals surface area contributed by atoms with Gasteiger partial charge in [0.05, 0.1) is 18.2 Å². The van der Waals surface area contributed by atoms with Gasteiger partial charge < -0.3 is 24.6 Å². The Morgan fingerprint density at radius 1 is 1.08 bits per heavy atom. The second-order valence-corrected chi connectivity index (χ2v) is 10.7. The second kappa shape index (κ2) is 11.6. The summed E-state index contributed by atoms with van der Waals surface area (Å²) < 4.78 is 5.14. The molecule has 206 valence electrons. The number of carbonyl (C=O) groups excluding carboxylic acids is 3. The van der Waals surface area contributed by atoms with E-state index in [2.05, 4.69) is 44.5 Å². The van der Waals surface area contributed by atoms with Gasteiger partial charge in [0.15, 0.2) is 0 Å². The first-order chi connectivity index (χ1) is 17.9. The van der Waals surface area contributed by atoms with Crippen molar-refractivity contribution in [1.29, 1.82) is 0 Å². The molecule has 8 nitrogen and oxygen atoms in total. The van der Waals surface area contributed by atoms with Crippen LogP contribution in [0.15, 0.2) is 29.8 Å². The molecule has 1 aliphatic heterocycles. The maximum Gasteiger partial charge on any atom is 0.355 e. The molecule has 0 bridgehead atoms. The van der Waals surface area contributed by atoms with Crippen LogP contribution in [-0.2, 0) is 19.7 Å². The third-order valence-corrected chi connectivity index (χ3v) is 7.34. The van der Waals surface area contributed by atoms with Gasteiger partial charge in [-0.3, -0.25) is 9.59 Å². The molecule has 1 aromatic heterocycles.